The smallest absolute Gasteiger partial charge is 0.246 e. The Morgan fingerprint density at radius 3 is 2.70 bits per heavy atom. The van der Waals surface area contributed by atoms with E-state index >= 15 is 0 Å². The largest absolute Gasteiger partial charge is 0.324 e. The van der Waals surface area contributed by atoms with Crippen LogP contribution in [-0.2, 0) is 4.79 Å². The van der Waals surface area contributed by atoms with Crippen molar-refractivity contribution in [1.29, 1.82) is 0 Å². The highest BCUT2D eigenvalue weighted by Gasteiger charge is 2.31. The normalized spacial score (nSPS) is 19.4. The molecule has 0 radical (unpaired) electrons. The van der Waals surface area contributed by atoms with Gasteiger partial charge in [-0.2, -0.15) is 0 Å². The maximum Gasteiger partial charge on any atom is 0.246 e. The number of carbonyl (C=O) groups is 1. The van der Waals surface area contributed by atoms with Crippen molar-refractivity contribution < 1.29 is 4.79 Å². The van der Waals surface area contributed by atoms with Gasteiger partial charge >= 0.3 is 0 Å². The van der Waals surface area contributed by atoms with E-state index in [1.165, 1.54) is 0 Å². The molecule has 0 bridgehead atoms. The van der Waals surface area contributed by atoms with Crippen LogP contribution in [0.4, 0.5) is 5.69 Å². The Morgan fingerprint density at radius 1 is 1.40 bits per heavy atom. The molecule has 4 nitrogen and oxygen atoms in total. The quantitative estimate of drug-likeness (QED) is 0.866. The van der Waals surface area contributed by atoms with Crippen molar-refractivity contribution >= 4 is 27.5 Å². The van der Waals surface area contributed by atoms with E-state index in [4.69, 9.17) is 0 Å². The van der Waals surface area contributed by atoms with Crippen LogP contribution in [0.1, 0.15) is 25.5 Å². The Bertz CT molecular complexity index is 494. The molecule has 1 amide bonds. The molecule has 0 saturated carbocycles. The van der Waals surface area contributed by atoms with Gasteiger partial charge in [-0.15, -0.1) is 0 Å². The summed E-state index contributed by atoms with van der Waals surface area (Å²) in [5.41, 5.74) is 1.92. The number of rotatable bonds is 5. The molecular weight excluding hydrogens is 318 g/mol. The number of carbonyl (C=O) groups excluding carboxylic acids is 1. The molecule has 1 aromatic rings. The summed E-state index contributed by atoms with van der Waals surface area (Å²) >= 11 is 3.46. The fourth-order valence-electron chi connectivity index (χ4n) is 2.69. The van der Waals surface area contributed by atoms with Crippen LogP contribution in [0.15, 0.2) is 22.7 Å². The van der Waals surface area contributed by atoms with Crippen LogP contribution in [0.2, 0.25) is 0 Å². The van der Waals surface area contributed by atoms with Crippen LogP contribution < -0.4 is 10.6 Å². The van der Waals surface area contributed by atoms with Crippen molar-refractivity contribution in [3.8, 4) is 0 Å². The Morgan fingerprint density at radius 2 is 2.10 bits per heavy atom. The lowest BCUT2D eigenvalue weighted by Gasteiger charge is -2.29. The molecule has 0 spiro atoms. The standard InChI is InChI=1S/C15H22BrN3O/c1-9(2)13(19(3)4)8-17-14-11-7-10(16)5-6-12(11)18-15(14)20/h5-7,9,13-14,17H,8H2,1-4H3,(H,18,20). The van der Waals surface area contributed by atoms with E-state index in [0.29, 0.717) is 12.0 Å². The number of amides is 1. The van der Waals surface area contributed by atoms with Crippen molar-refractivity contribution in [2.45, 2.75) is 25.9 Å². The lowest BCUT2D eigenvalue weighted by Crippen LogP contribution is -2.43. The number of anilines is 1. The average molecular weight is 340 g/mol. The Balaban J connectivity index is 2.11. The minimum absolute atomic E-state index is 0.0272. The first-order chi connectivity index (χ1) is 9.40. The highest BCUT2D eigenvalue weighted by atomic mass is 79.9. The van der Waals surface area contributed by atoms with Gasteiger partial charge in [0.15, 0.2) is 0 Å². The number of fused-ring (bicyclic) bond motifs is 1. The number of nitrogens with zero attached hydrogens (tertiary/aromatic N) is 1. The van der Waals surface area contributed by atoms with E-state index in [1.807, 2.05) is 18.2 Å². The monoisotopic (exact) mass is 339 g/mol. The van der Waals surface area contributed by atoms with Gasteiger partial charge in [0.25, 0.3) is 0 Å². The van der Waals surface area contributed by atoms with Crippen LogP contribution in [0.25, 0.3) is 0 Å². The lowest BCUT2D eigenvalue weighted by atomic mass is 10.0. The Kier molecular flexibility index (Phi) is 4.83. The van der Waals surface area contributed by atoms with Gasteiger partial charge in [0, 0.05) is 28.3 Å². The first-order valence-electron chi connectivity index (χ1n) is 6.90. The Hall–Kier alpha value is -0.910. The summed E-state index contributed by atoms with van der Waals surface area (Å²) < 4.78 is 0.993. The summed E-state index contributed by atoms with van der Waals surface area (Å²) in [6.07, 6.45) is 0. The van der Waals surface area contributed by atoms with Crippen molar-refractivity contribution in [2.75, 3.05) is 26.0 Å². The minimum Gasteiger partial charge on any atom is -0.324 e. The topological polar surface area (TPSA) is 44.4 Å². The first kappa shape index (κ1) is 15.5. The molecular formula is C15H22BrN3O. The number of likely N-dealkylation sites (N-methyl/N-ethyl adjacent to an activating group) is 1. The molecule has 2 rings (SSSR count). The predicted octanol–water partition coefficient (Wildman–Crippen LogP) is 2.62. The molecule has 1 aliphatic heterocycles. The molecule has 1 aliphatic rings. The fourth-order valence-corrected chi connectivity index (χ4v) is 3.07. The summed E-state index contributed by atoms with van der Waals surface area (Å²) in [6.45, 7) is 5.19. The van der Waals surface area contributed by atoms with Crippen LogP contribution >= 0.6 is 15.9 Å². The van der Waals surface area contributed by atoms with Crippen molar-refractivity contribution in [1.82, 2.24) is 10.2 Å². The molecule has 0 aromatic heterocycles. The molecule has 1 heterocycles. The van der Waals surface area contributed by atoms with Crippen molar-refractivity contribution in [2.24, 2.45) is 5.92 Å². The van der Waals surface area contributed by atoms with E-state index in [0.717, 1.165) is 22.3 Å². The van der Waals surface area contributed by atoms with Gasteiger partial charge in [-0.25, -0.2) is 0 Å². The molecule has 1 aromatic carbocycles. The van der Waals surface area contributed by atoms with E-state index in [-0.39, 0.29) is 11.9 Å². The van der Waals surface area contributed by atoms with Gasteiger partial charge < -0.3 is 15.5 Å². The summed E-state index contributed by atoms with van der Waals surface area (Å²) in [7, 11) is 4.15. The first-order valence-corrected chi connectivity index (χ1v) is 7.69. The van der Waals surface area contributed by atoms with Crippen molar-refractivity contribution in [3.05, 3.63) is 28.2 Å². The third-order valence-corrected chi connectivity index (χ3v) is 4.30. The summed E-state index contributed by atoms with van der Waals surface area (Å²) in [5.74, 6) is 0.559. The van der Waals surface area contributed by atoms with Crippen molar-refractivity contribution in [3.63, 3.8) is 0 Å². The van der Waals surface area contributed by atoms with Gasteiger partial charge in [0.05, 0.1) is 0 Å². The molecule has 0 aliphatic carbocycles. The molecule has 20 heavy (non-hydrogen) atoms. The maximum absolute atomic E-state index is 12.1. The van der Waals surface area contributed by atoms with Gasteiger partial charge in [-0.05, 0) is 38.2 Å². The van der Waals surface area contributed by atoms with Gasteiger partial charge in [-0.3, -0.25) is 4.79 Å². The van der Waals surface area contributed by atoms with Crippen LogP contribution in [-0.4, -0.2) is 37.5 Å². The van der Waals surface area contributed by atoms with E-state index in [1.54, 1.807) is 0 Å². The maximum atomic E-state index is 12.1. The molecule has 2 N–H and O–H groups in total. The third-order valence-electron chi connectivity index (χ3n) is 3.81. The molecule has 2 atom stereocenters. The second-order valence-electron chi connectivity index (χ2n) is 5.84. The average Bonchev–Trinajstić information content (AvgIpc) is 2.65. The Labute approximate surface area is 129 Å². The van der Waals surface area contributed by atoms with Crippen LogP contribution in [0, 0.1) is 5.92 Å². The zero-order valence-corrected chi connectivity index (χ0v) is 14.0. The van der Waals surface area contributed by atoms with Gasteiger partial charge in [0.2, 0.25) is 5.91 Å². The fraction of sp³-hybridized carbons (Fsp3) is 0.533. The third kappa shape index (κ3) is 3.22. The predicted molar refractivity (Wildman–Crippen MR) is 85.8 cm³/mol. The summed E-state index contributed by atoms with van der Waals surface area (Å²) in [6, 6.07) is 6.02. The molecule has 5 heteroatoms. The number of benzene rings is 1. The minimum atomic E-state index is -0.260. The SMILES string of the molecule is CC(C)C(CNC1C(=O)Nc2ccc(Br)cc21)N(C)C. The molecule has 2 unspecified atom stereocenters. The lowest BCUT2D eigenvalue weighted by molar-refractivity contribution is -0.117. The molecule has 110 valence electrons. The van der Waals surface area contributed by atoms with Gasteiger partial charge in [-0.1, -0.05) is 29.8 Å². The number of hydrogen-bond donors (Lipinski definition) is 2. The van der Waals surface area contributed by atoms with Gasteiger partial charge in [0.1, 0.15) is 6.04 Å². The second-order valence-corrected chi connectivity index (χ2v) is 6.75. The molecule has 0 saturated heterocycles. The van der Waals surface area contributed by atoms with Crippen LogP contribution in [0.3, 0.4) is 0 Å². The molecule has 0 fully saturated rings. The summed E-state index contributed by atoms with van der Waals surface area (Å²) in [4.78, 5) is 14.3. The van der Waals surface area contributed by atoms with Crippen LogP contribution in [0.5, 0.6) is 0 Å². The number of hydrogen-bond acceptors (Lipinski definition) is 3. The zero-order valence-electron chi connectivity index (χ0n) is 12.4. The number of nitrogens with one attached hydrogen (secondary N) is 2. The number of halogens is 1. The van der Waals surface area contributed by atoms with E-state index < -0.39 is 0 Å². The van der Waals surface area contributed by atoms with E-state index in [2.05, 4.69) is 59.4 Å². The second kappa shape index (κ2) is 6.24. The summed E-state index contributed by atoms with van der Waals surface area (Å²) in [5, 5.41) is 6.32. The highest BCUT2D eigenvalue weighted by molar-refractivity contribution is 9.10. The highest BCUT2D eigenvalue weighted by Crippen LogP contribution is 2.33. The van der Waals surface area contributed by atoms with E-state index in [9.17, 15) is 4.79 Å². The zero-order chi connectivity index (χ0) is 14.9.